The van der Waals surface area contributed by atoms with Crippen LogP contribution in [0.25, 0.3) is 5.65 Å². The molecule has 1 fully saturated rings. The van der Waals surface area contributed by atoms with E-state index in [1.54, 1.807) is 53.5 Å². The molecule has 4 heterocycles. The summed E-state index contributed by atoms with van der Waals surface area (Å²) >= 11 is 0. The smallest absolute Gasteiger partial charge is 0.259 e. The van der Waals surface area contributed by atoms with Gasteiger partial charge in [-0.15, -0.1) is 0 Å². The molecular formula is C16H17N7O2. The zero-order valence-electron chi connectivity index (χ0n) is 13.7. The van der Waals surface area contributed by atoms with E-state index in [4.69, 9.17) is 4.74 Å². The second-order valence-electron chi connectivity index (χ2n) is 5.60. The molecule has 1 saturated heterocycles. The zero-order chi connectivity index (χ0) is 17.2. The number of carbonyl (C=O) groups excluding carboxylic acids is 1. The summed E-state index contributed by atoms with van der Waals surface area (Å²) in [6.45, 7) is 1.34. The van der Waals surface area contributed by atoms with Gasteiger partial charge in [-0.25, -0.2) is 14.5 Å². The van der Waals surface area contributed by atoms with E-state index in [-0.39, 0.29) is 12.0 Å². The van der Waals surface area contributed by atoms with Crippen LogP contribution in [-0.4, -0.2) is 62.1 Å². The van der Waals surface area contributed by atoms with Crippen LogP contribution in [0.5, 0.6) is 0 Å². The highest BCUT2D eigenvalue weighted by molar-refractivity contribution is 5.99. The summed E-state index contributed by atoms with van der Waals surface area (Å²) in [6.07, 6.45) is 7.87. The van der Waals surface area contributed by atoms with E-state index < -0.39 is 0 Å². The van der Waals surface area contributed by atoms with E-state index in [1.807, 2.05) is 0 Å². The van der Waals surface area contributed by atoms with E-state index in [0.717, 1.165) is 0 Å². The standard InChI is InChI=1S/C16H17N7O2/c1-17-14-13(18-4-5-19-14)12-10-22(7-8-25-12)16(24)11-9-21-23-6-2-3-20-15(11)23/h2-6,9,12H,7-8,10H2,1H3,(H,17,19)/t12-/m0/s1. The number of nitrogens with zero attached hydrogens (tertiary/aromatic N) is 6. The van der Waals surface area contributed by atoms with E-state index in [2.05, 4.69) is 25.4 Å². The maximum atomic E-state index is 12.9. The highest BCUT2D eigenvalue weighted by Crippen LogP contribution is 2.26. The van der Waals surface area contributed by atoms with Gasteiger partial charge in [0.2, 0.25) is 0 Å². The molecule has 1 aliphatic heterocycles. The predicted octanol–water partition coefficient (Wildman–Crippen LogP) is 0.775. The van der Waals surface area contributed by atoms with E-state index >= 15 is 0 Å². The molecule has 0 unspecified atom stereocenters. The monoisotopic (exact) mass is 339 g/mol. The topological polar surface area (TPSA) is 97.5 Å². The number of anilines is 1. The highest BCUT2D eigenvalue weighted by atomic mass is 16.5. The van der Waals surface area contributed by atoms with Gasteiger partial charge in [0.1, 0.15) is 23.2 Å². The average Bonchev–Trinajstić information content (AvgIpc) is 3.11. The first kappa shape index (κ1) is 15.5. The Morgan fingerprint density at radius 1 is 1.28 bits per heavy atom. The largest absolute Gasteiger partial charge is 0.372 e. The Bertz CT molecular complexity index is 910. The molecule has 128 valence electrons. The molecule has 1 amide bonds. The van der Waals surface area contributed by atoms with Crippen LogP contribution in [0, 0.1) is 0 Å². The molecule has 0 aromatic carbocycles. The predicted molar refractivity (Wildman–Crippen MR) is 89.2 cm³/mol. The Balaban J connectivity index is 1.60. The summed E-state index contributed by atoms with van der Waals surface area (Å²) < 4.78 is 7.41. The Hall–Kier alpha value is -3.07. The van der Waals surface area contributed by atoms with Gasteiger partial charge >= 0.3 is 0 Å². The first-order chi connectivity index (χ1) is 12.3. The molecule has 3 aromatic heterocycles. The van der Waals surface area contributed by atoms with Crippen LogP contribution >= 0.6 is 0 Å². The second-order valence-corrected chi connectivity index (χ2v) is 5.60. The van der Waals surface area contributed by atoms with Crippen molar-refractivity contribution in [2.75, 3.05) is 32.1 Å². The molecule has 25 heavy (non-hydrogen) atoms. The van der Waals surface area contributed by atoms with E-state index in [0.29, 0.717) is 42.4 Å². The van der Waals surface area contributed by atoms with Crippen LogP contribution in [0.2, 0.25) is 0 Å². The summed E-state index contributed by atoms with van der Waals surface area (Å²) in [4.78, 5) is 27.5. The van der Waals surface area contributed by atoms with Gasteiger partial charge < -0.3 is 15.0 Å². The van der Waals surface area contributed by atoms with Gasteiger partial charge in [-0.3, -0.25) is 9.78 Å². The molecule has 4 rings (SSSR count). The number of aromatic nitrogens is 5. The Labute approximate surface area is 143 Å². The fourth-order valence-corrected chi connectivity index (χ4v) is 2.92. The maximum Gasteiger partial charge on any atom is 0.259 e. The lowest BCUT2D eigenvalue weighted by Crippen LogP contribution is -2.42. The Morgan fingerprint density at radius 2 is 2.16 bits per heavy atom. The third-order valence-corrected chi connectivity index (χ3v) is 4.13. The number of amides is 1. The van der Waals surface area contributed by atoms with Crippen LogP contribution in [0.3, 0.4) is 0 Å². The fraction of sp³-hybridized carbons (Fsp3) is 0.312. The van der Waals surface area contributed by atoms with Crippen molar-refractivity contribution in [2.45, 2.75) is 6.10 Å². The van der Waals surface area contributed by atoms with Crippen molar-refractivity contribution >= 4 is 17.4 Å². The van der Waals surface area contributed by atoms with Gasteiger partial charge in [-0.1, -0.05) is 0 Å². The van der Waals surface area contributed by atoms with Crippen molar-refractivity contribution in [2.24, 2.45) is 0 Å². The first-order valence-corrected chi connectivity index (χ1v) is 7.96. The van der Waals surface area contributed by atoms with Gasteiger partial charge in [0.15, 0.2) is 5.65 Å². The average molecular weight is 339 g/mol. The van der Waals surface area contributed by atoms with Gasteiger partial charge in [-0.2, -0.15) is 5.10 Å². The Kier molecular flexibility index (Phi) is 3.98. The minimum atomic E-state index is -0.330. The minimum absolute atomic E-state index is 0.114. The van der Waals surface area contributed by atoms with Gasteiger partial charge in [-0.05, 0) is 6.07 Å². The number of hydrogen-bond acceptors (Lipinski definition) is 7. The number of morpholine rings is 1. The lowest BCUT2D eigenvalue weighted by molar-refractivity contribution is -0.0244. The van der Waals surface area contributed by atoms with Crippen molar-refractivity contribution in [3.05, 3.63) is 48.3 Å². The number of rotatable bonds is 3. The van der Waals surface area contributed by atoms with Gasteiger partial charge in [0.05, 0.1) is 19.3 Å². The van der Waals surface area contributed by atoms with Crippen molar-refractivity contribution in [3.63, 3.8) is 0 Å². The maximum absolute atomic E-state index is 12.9. The zero-order valence-corrected chi connectivity index (χ0v) is 13.7. The second kappa shape index (κ2) is 6.44. The number of hydrogen-bond donors (Lipinski definition) is 1. The molecule has 9 heteroatoms. The minimum Gasteiger partial charge on any atom is -0.372 e. The summed E-state index contributed by atoms with van der Waals surface area (Å²) in [5.41, 5.74) is 1.72. The third-order valence-electron chi connectivity index (χ3n) is 4.13. The SMILES string of the molecule is CNc1nccnc1[C@@H]1CN(C(=O)c2cnn3cccnc23)CCO1. The molecule has 1 aliphatic rings. The van der Waals surface area contributed by atoms with Crippen LogP contribution in [0.4, 0.5) is 5.82 Å². The molecule has 1 N–H and O–H groups in total. The molecule has 0 saturated carbocycles. The van der Waals surface area contributed by atoms with Crippen LogP contribution < -0.4 is 5.32 Å². The third kappa shape index (κ3) is 2.78. The number of ether oxygens (including phenoxy) is 1. The number of carbonyl (C=O) groups is 1. The molecule has 0 aliphatic carbocycles. The van der Waals surface area contributed by atoms with Crippen LogP contribution in [-0.2, 0) is 4.74 Å². The van der Waals surface area contributed by atoms with Crippen LogP contribution in [0.15, 0.2) is 37.1 Å². The van der Waals surface area contributed by atoms with Crippen molar-refractivity contribution in [3.8, 4) is 0 Å². The summed E-state index contributed by atoms with van der Waals surface area (Å²) in [5.74, 6) is 0.538. The Morgan fingerprint density at radius 3 is 3.04 bits per heavy atom. The van der Waals surface area contributed by atoms with E-state index in [9.17, 15) is 4.79 Å². The molecule has 1 atom stereocenters. The molecule has 0 radical (unpaired) electrons. The quantitative estimate of drug-likeness (QED) is 0.753. The van der Waals surface area contributed by atoms with E-state index in [1.165, 1.54) is 0 Å². The van der Waals surface area contributed by atoms with Gasteiger partial charge in [0, 0.05) is 38.4 Å². The molecule has 0 spiro atoms. The fourth-order valence-electron chi connectivity index (χ4n) is 2.92. The van der Waals surface area contributed by atoms with Crippen molar-refractivity contribution in [1.82, 2.24) is 29.5 Å². The lowest BCUT2D eigenvalue weighted by atomic mass is 10.1. The van der Waals surface area contributed by atoms with Gasteiger partial charge in [0.25, 0.3) is 5.91 Å². The normalized spacial score (nSPS) is 17.6. The molecule has 3 aromatic rings. The summed E-state index contributed by atoms with van der Waals surface area (Å²) in [6, 6.07) is 1.77. The first-order valence-electron chi connectivity index (χ1n) is 7.96. The number of fused-ring (bicyclic) bond motifs is 1. The highest BCUT2D eigenvalue weighted by Gasteiger charge is 2.30. The molecule has 0 bridgehead atoms. The summed E-state index contributed by atoms with van der Waals surface area (Å²) in [7, 11) is 1.78. The van der Waals surface area contributed by atoms with Crippen LogP contribution in [0.1, 0.15) is 22.2 Å². The number of nitrogens with one attached hydrogen (secondary N) is 1. The summed E-state index contributed by atoms with van der Waals surface area (Å²) in [5, 5.41) is 7.19. The lowest BCUT2D eigenvalue weighted by Gasteiger charge is -2.32. The molecule has 9 nitrogen and oxygen atoms in total. The van der Waals surface area contributed by atoms with Crippen molar-refractivity contribution < 1.29 is 9.53 Å². The van der Waals surface area contributed by atoms with Crippen molar-refractivity contribution in [1.29, 1.82) is 0 Å². The molecular weight excluding hydrogens is 322 g/mol.